The Morgan fingerprint density at radius 1 is 1.60 bits per heavy atom. The Bertz CT molecular complexity index is 235. The van der Waals surface area contributed by atoms with Gasteiger partial charge in [0.2, 0.25) is 5.91 Å². The molecule has 0 spiro atoms. The van der Waals surface area contributed by atoms with E-state index in [2.05, 4.69) is 5.32 Å². The molecule has 15 heavy (non-hydrogen) atoms. The number of carbonyl (C=O) groups is 1. The molecule has 1 saturated heterocycles. The van der Waals surface area contributed by atoms with Crippen LogP contribution in [0.3, 0.4) is 0 Å². The van der Waals surface area contributed by atoms with Crippen LogP contribution in [-0.4, -0.2) is 34.7 Å². The third-order valence-electron chi connectivity index (χ3n) is 2.85. The monoisotopic (exact) mass is 231 g/mol. The van der Waals surface area contributed by atoms with Gasteiger partial charge in [0.1, 0.15) is 0 Å². The van der Waals surface area contributed by atoms with Crippen molar-refractivity contribution in [1.29, 1.82) is 0 Å². The number of hydrogen-bond donors (Lipinski definition) is 2. The minimum Gasteiger partial charge on any atom is -0.396 e. The summed E-state index contributed by atoms with van der Waals surface area (Å²) >= 11 is 1.74. The second kappa shape index (κ2) is 4.74. The Morgan fingerprint density at radius 2 is 2.27 bits per heavy atom. The van der Waals surface area contributed by atoms with Gasteiger partial charge >= 0.3 is 0 Å². The molecule has 3 nitrogen and oxygen atoms in total. The third kappa shape index (κ3) is 3.38. The lowest BCUT2D eigenvalue weighted by Crippen LogP contribution is -2.44. The number of nitrogens with one attached hydrogen (secondary N) is 1. The number of amides is 1. The highest BCUT2D eigenvalue weighted by Crippen LogP contribution is 2.37. The van der Waals surface area contributed by atoms with Crippen LogP contribution in [0, 0.1) is 5.41 Å². The van der Waals surface area contributed by atoms with E-state index in [9.17, 15) is 4.79 Å². The lowest BCUT2D eigenvalue weighted by Gasteiger charge is -2.26. The average molecular weight is 231 g/mol. The summed E-state index contributed by atoms with van der Waals surface area (Å²) < 4.78 is -0.245. The van der Waals surface area contributed by atoms with Gasteiger partial charge in [-0.1, -0.05) is 13.8 Å². The fraction of sp³-hybridized carbons (Fsp3) is 0.909. The molecule has 0 aliphatic carbocycles. The molecule has 0 radical (unpaired) electrons. The highest BCUT2D eigenvalue weighted by molar-refractivity contribution is 8.01. The predicted octanol–water partition coefficient (Wildman–Crippen LogP) is 1.41. The molecule has 4 heteroatoms. The smallest absolute Gasteiger partial charge is 0.235 e. The first-order valence-corrected chi connectivity index (χ1v) is 6.41. The van der Waals surface area contributed by atoms with Gasteiger partial charge in [0.05, 0.1) is 4.75 Å². The summed E-state index contributed by atoms with van der Waals surface area (Å²) in [6.07, 6.45) is 2.08. The number of hydrogen-bond acceptors (Lipinski definition) is 3. The summed E-state index contributed by atoms with van der Waals surface area (Å²) in [6.45, 7) is 6.52. The number of rotatable bonds is 4. The van der Waals surface area contributed by atoms with E-state index in [1.165, 1.54) is 0 Å². The maximum Gasteiger partial charge on any atom is 0.235 e. The average Bonchev–Trinajstić information content (AvgIpc) is 2.63. The van der Waals surface area contributed by atoms with Crippen molar-refractivity contribution >= 4 is 17.7 Å². The summed E-state index contributed by atoms with van der Waals surface area (Å²) in [5.74, 6) is 1.19. The molecule has 2 N–H and O–H groups in total. The Morgan fingerprint density at radius 3 is 2.73 bits per heavy atom. The Kier molecular flexibility index (Phi) is 4.06. The van der Waals surface area contributed by atoms with Gasteiger partial charge in [-0.15, -0.1) is 11.8 Å². The topological polar surface area (TPSA) is 49.3 Å². The normalized spacial score (nSPS) is 26.7. The van der Waals surface area contributed by atoms with E-state index in [4.69, 9.17) is 5.11 Å². The van der Waals surface area contributed by atoms with Crippen molar-refractivity contribution in [2.24, 2.45) is 5.41 Å². The molecule has 1 fully saturated rings. The van der Waals surface area contributed by atoms with E-state index in [0.29, 0.717) is 6.54 Å². The standard InChI is InChI=1S/C11H21NO2S/c1-10(2,8-13)7-12-9(14)11(3)5-4-6-15-11/h13H,4-8H2,1-3H3,(H,12,14). The second-order valence-corrected chi connectivity index (χ2v) is 6.79. The van der Waals surface area contributed by atoms with Crippen molar-refractivity contribution in [3.05, 3.63) is 0 Å². The molecular weight excluding hydrogens is 210 g/mol. The Balaban J connectivity index is 2.42. The van der Waals surface area contributed by atoms with Crippen LogP contribution >= 0.6 is 11.8 Å². The molecule has 0 aromatic heterocycles. The first kappa shape index (κ1) is 12.8. The summed E-state index contributed by atoms with van der Waals surface area (Å²) in [4.78, 5) is 11.9. The van der Waals surface area contributed by atoms with E-state index in [0.717, 1.165) is 18.6 Å². The van der Waals surface area contributed by atoms with Gasteiger partial charge in [0, 0.05) is 18.6 Å². The number of carbonyl (C=O) groups excluding carboxylic acids is 1. The number of aliphatic hydroxyl groups excluding tert-OH is 1. The van der Waals surface area contributed by atoms with E-state index < -0.39 is 0 Å². The zero-order valence-electron chi connectivity index (χ0n) is 9.80. The predicted molar refractivity (Wildman–Crippen MR) is 64.0 cm³/mol. The van der Waals surface area contributed by atoms with Crippen LogP contribution in [0.1, 0.15) is 33.6 Å². The zero-order valence-corrected chi connectivity index (χ0v) is 10.6. The van der Waals surface area contributed by atoms with Crippen molar-refractivity contribution < 1.29 is 9.90 Å². The molecule has 88 valence electrons. The summed E-state index contributed by atoms with van der Waals surface area (Å²) in [5, 5.41) is 12.0. The van der Waals surface area contributed by atoms with Crippen molar-refractivity contribution in [2.75, 3.05) is 18.9 Å². The van der Waals surface area contributed by atoms with Gasteiger partial charge in [-0.3, -0.25) is 4.79 Å². The lowest BCUT2D eigenvalue weighted by molar-refractivity contribution is -0.123. The van der Waals surface area contributed by atoms with Crippen LogP contribution in [0.4, 0.5) is 0 Å². The summed E-state index contributed by atoms with van der Waals surface area (Å²) in [5.41, 5.74) is -0.227. The molecule has 1 aliphatic rings. The summed E-state index contributed by atoms with van der Waals surface area (Å²) in [7, 11) is 0. The first-order chi connectivity index (χ1) is 6.90. The van der Waals surface area contributed by atoms with Gasteiger partial charge in [-0.05, 0) is 25.5 Å². The van der Waals surface area contributed by atoms with Gasteiger partial charge in [-0.25, -0.2) is 0 Å². The van der Waals surface area contributed by atoms with Crippen LogP contribution in [-0.2, 0) is 4.79 Å². The molecule has 1 atom stereocenters. The van der Waals surface area contributed by atoms with Gasteiger partial charge in [0.25, 0.3) is 0 Å². The van der Waals surface area contributed by atoms with Gasteiger partial charge in [0.15, 0.2) is 0 Å². The Labute approximate surface area is 96.0 Å². The van der Waals surface area contributed by atoms with Crippen LogP contribution in [0.25, 0.3) is 0 Å². The van der Waals surface area contributed by atoms with Crippen molar-refractivity contribution in [2.45, 2.75) is 38.4 Å². The highest BCUT2D eigenvalue weighted by Gasteiger charge is 2.37. The fourth-order valence-corrected chi connectivity index (χ4v) is 2.75. The molecule has 1 aliphatic heterocycles. The molecule has 0 saturated carbocycles. The SMILES string of the molecule is CC(C)(CO)CNC(=O)C1(C)CCCS1. The lowest BCUT2D eigenvalue weighted by atomic mass is 9.94. The van der Waals surface area contributed by atoms with Crippen molar-refractivity contribution in [3.8, 4) is 0 Å². The van der Waals surface area contributed by atoms with E-state index in [-0.39, 0.29) is 22.7 Å². The molecule has 1 heterocycles. The highest BCUT2D eigenvalue weighted by atomic mass is 32.2. The largest absolute Gasteiger partial charge is 0.396 e. The molecule has 1 unspecified atom stereocenters. The van der Waals surface area contributed by atoms with Gasteiger partial charge < -0.3 is 10.4 Å². The molecular formula is C11H21NO2S. The van der Waals surface area contributed by atoms with Crippen LogP contribution < -0.4 is 5.32 Å². The van der Waals surface area contributed by atoms with Crippen LogP contribution in [0.5, 0.6) is 0 Å². The minimum absolute atomic E-state index is 0.0944. The van der Waals surface area contributed by atoms with Crippen molar-refractivity contribution in [3.63, 3.8) is 0 Å². The van der Waals surface area contributed by atoms with Crippen LogP contribution in [0.2, 0.25) is 0 Å². The molecule has 1 amide bonds. The third-order valence-corrected chi connectivity index (χ3v) is 4.37. The maximum atomic E-state index is 11.9. The second-order valence-electron chi connectivity index (χ2n) is 5.19. The van der Waals surface area contributed by atoms with E-state index in [1.807, 2.05) is 20.8 Å². The molecule has 0 bridgehead atoms. The zero-order chi connectivity index (χ0) is 11.5. The Hall–Kier alpha value is -0.220. The van der Waals surface area contributed by atoms with Crippen LogP contribution in [0.15, 0.2) is 0 Å². The fourth-order valence-electron chi connectivity index (χ4n) is 1.52. The minimum atomic E-state index is -0.245. The molecule has 1 rings (SSSR count). The number of thioether (sulfide) groups is 1. The maximum absolute atomic E-state index is 11.9. The molecule has 0 aromatic rings. The van der Waals surface area contributed by atoms with Gasteiger partial charge in [-0.2, -0.15) is 0 Å². The van der Waals surface area contributed by atoms with E-state index in [1.54, 1.807) is 11.8 Å². The summed E-state index contributed by atoms with van der Waals surface area (Å²) in [6, 6.07) is 0. The quantitative estimate of drug-likeness (QED) is 0.769. The number of aliphatic hydroxyl groups is 1. The molecule has 0 aromatic carbocycles. The van der Waals surface area contributed by atoms with Crippen molar-refractivity contribution in [1.82, 2.24) is 5.32 Å². The van der Waals surface area contributed by atoms with E-state index >= 15 is 0 Å². The first-order valence-electron chi connectivity index (χ1n) is 5.43.